The number of unbranched alkanes of at least 4 members (excludes halogenated alkanes) is 2. The first-order valence-electron chi connectivity index (χ1n) is 8.92. The molecule has 1 aromatic heterocycles. The standard InChI is InChI=1S/C21H24N4O/c1-2-3-4-12-26-19-10-8-18(9-11-19)25-21-14-20(23-15-24-21)16-6-5-7-17(22)13-16/h5-11,13-15H,2-4,12,22H2,1H3,(H,23,24,25). The molecule has 3 aromatic rings. The molecule has 0 amide bonds. The highest BCUT2D eigenvalue weighted by Crippen LogP contribution is 2.23. The molecule has 0 spiro atoms. The highest BCUT2D eigenvalue weighted by Gasteiger charge is 2.03. The van der Waals surface area contributed by atoms with E-state index in [4.69, 9.17) is 10.5 Å². The van der Waals surface area contributed by atoms with Gasteiger partial charge in [0, 0.05) is 23.0 Å². The van der Waals surface area contributed by atoms with E-state index in [9.17, 15) is 0 Å². The van der Waals surface area contributed by atoms with E-state index in [0.717, 1.165) is 41.5 Å². The predicted molar refractivity (Wildman–Crippen MR) is 107 cm³/mol. The third-order valence-electron chi connectivity index (χ3n) is 3.99. The summed E-state index contributed by atoms with van der Waals surface area (Å²) in [5, 5.41) is 3.29. The maximum absolute atomic E-state index is 5.85. The molecule has 5 heteroatoms. The van der Waals surface area contributed by atoms with Gasteiger partial charge in [0.2, 0.25) is 0 Å². The van der Waals surface area contributed by atoms with E-state index in [1.807, 2.05) is 54.6 Å². The van der Waals surface area contributed by atoms with Gasteiger partial charge < -0.3 is 15.8 Å². The summed E-state index contributed by atoms with van der Waals surface area (Å²) >= 11 is 0. The topological polar surface area (TPSA) is 73.1 Å². The number of anilines is 3. The number of ether oxygens (including phenoxy) is 1. The Kier molecular flexibility index (Phi) is 6.04. The van der Waals surface area contributed by atoms with Crippen molar-refractivity contribution in [1.29, 1.82) is 0 Å². The molecule has 2 aromatic carbocycles. The first-order chi connectivity index (χ1) is 12.7. The Hall–Kier alpha value is -3.08. The second-order valence-corrected chi connectivity index (χ2v) is 6.12. The van der Waals surface area contributed by atoms with Gasteiger partial charge in [-0.25, -0.2) is 9.97 Å². The maximum atomic E-state index is 5.85. The molecule has 3 N–H and O–H groups in total. The van der Waals surface area contributed by atoms with Gasteiger partial charge in [0.1, 0.15) is 17.9 Å². The molecule has 0 aliphatic rings. The van der Waals surface area contributed by atoms with Crippen molar-refractivity contribution >= 4 is 17.2 Å². The summed E-state index contributed by atoms with van der Waals surface area (Å²) in [5.41, 5.74) is 9.30. The van der Waals surface area contributed by atoms with Gasteiger partial charge in [-0.15, -0.1) is 0 Å². The first-order valence-corrected chi connectivity index (χ1v) is 8.92. The lowest BCUT2D eigenvalue weighted by Crippen LogP contribution is -1.98. The Morgan fingerprint density at radius 1 is 1.00 bits per heavy atom. The zero-order valence-electron chi connectivity index (χ0n) is 15.0. The van der Waals surface area contributed by atoms with Crippen LogP contribution in [0.3, 0.4) is 0 Å². The summed E-state index contributed by atoms with van der Waals surface area (Å²) in [6, 6.07) is 17.5. The van der Waals surface area contributed by atoms with Crippen LogP contribution in [0.5, 0.6) is 5.75 Å². The van der Waals surface area contributed by atoms with E-state index in [1.54, 1.807) is 6.33 Å². The lowest BCUT2D eigenvalue weighted by molar-refractivity contribution is 0.306. The van der Waals surface area contributed by atoms with Gasteiger partial charge in [-0.2, -0.15) is 0 Å². The Morgan fingerprint density at radius 3 is 2.62 bits per heavy atom. The molecule has 0 unspecified atom stereocenters. The Bertz CT molecular complexity index is 833. The SMILES string of the molecule is CCCCCOc1ccc(Nc2cc(-c3cccc(N)c3)ncn2)cc1. The number of aromatic nitrogens is 2. The van der Waals surface area contributed by atoms with Crippen molar-refractivity contribution in [3.63, 3.8) is 0 Å². The van der Waals surface area contributed by atoms with E-state index < -0.39 is 0 Å². The number of hydrogen-bond donors (Lipinski definition) is 2. The van der Waals surface area contributed by atoms with Crippen molar-refractivity contribution in [1.82, 2.24) is 9.97 Å². The van der Waals surface area contributed by atoms with Crippen LogP contribution in [0.25, 0.3) is 11.3 Å². The minimum atomic E-state index is 0.713. The van der Waals surface area contributed by atoms with Crippen LogP contribution in [0.4, 0.5) is 17.2 Å². The molecule has 0 saturated carbocycles. The number of nitrogens with zero attached hydrogens (tertiary/aromatic N) is 2. The molecule has 0 radical (unpaired) electrons. The number of nitrogens with two attached hydrogens (primary N) is 1. The van der Waals surface area contributed by atoms with Crippen LogP contribution >= 0.6 is 0 Å². The van der Waals surface area contributed by atoms with Crippen LogP contribution < -0.4 is 15.8 Å². The molecule has 0 fully saturated rings. The fraction of sp³-hybridized carbons (Fsp3) is 0.238. The second-order valence-electron chi connectivity index (χ2n) is 6.12. The van der Waals surface area contributed by atoms with Gasteiger partial charge in [-0.05, 0) is 42.8 Å². The van der Waals surface area contributed by atoms with Gasteiger partial charge in [0.05, 0.1) is 12.3 Å². The van der Waals surface area contributed by atoms with Crippen molar-refractivity contribution in [2.45, 2.75) is 26.2 Å². The van der Waals surface area contributed by atoms with Crippen LogP contribution in [0.15, 0.2) is 60.9 Å². The highest BCUT2D eigenvalue weighted by atomic mass is 16.5. The normalized spacial score (nSPS) is 10.5. The van der Waals surface area contributed by atoms with Crippen LogP contribution in [0.2, 0.25) is 0 Å². The lowest BCUT2D eigenvalue weighted by atomic mass is 10.1. The van der Waals surface area contributed by atoms with Crippen LogP contribution in [0.1, 0.15) is 26.2 Å². The fourth-order valence-electron chi connectivity index (χ4n) is 2.61. The summed E-state index contributed by atoms with van der Waals surface area (Å²) in [4.78, 5) is 8.62. The second kappa shape index (κ2) is 8.85. The molecule has 134 valence electrons. The molecule has 0 bridgehead atoms. The number of nitrogens with one attached hydrogen (secondary N) is 1. The molecular formula is C21H24N4O. The van der Waals surface area contributed by atoms with Gasteiger partial charge in [0.15, 0.2) is 0 Å². The smallest absolute Gasteiger partial charge is 0.134 e. The largest absolute Gasteiger partial charge is 0.494 e. The van der Waals surface area contributed by atoms with Crippen molar-refractivity contribution in [3.05, 3.63) is 60.9 Å². The minimum Gasteiger partial charge on any atom is -0.494 e. The van der Waals surface area contributed by atoms with Crippen LogP contribution in [0, 0.1) is 0 Å². The summed E-state index contributed by atoms with van der Waals surface area (Å²) in [7, 11) is 0. The highest BCUT2D eigenvalue weighted by molar-refractivity contribution is 5.68. The molecule has 3 rings (SSSR count). The quantitative estimate of drug-likeness (QED) is 0.441. The van der Waals surface area contributed by atoms with E-state index >= 15 is 0 Å². The molecule has 26 heavy (non-hydrogen) atoms. The third kappa shape index (κ3) is 4.96. The minimum absolute atomic E-state index is 0.713. The number of hydrogen-bond acceptors (Lipinski definition) is 5. The summed E-state index contributed by atoms with van der Waals surface area (Å²) in [6.45, 7) is 2.95. The molecule has 1 heterocycles. The Labute approximate surface area is 154 Å². The van der Waals surface area contributed by atoms with Gasteiger partial charge in [-0.3, -0.25) is 0 Å². The monoisotopic (exact) mass is 348 g/mol. The molecule has 0 saturated heterocycles. The third-order valence-corrected chi connectivity index (χ3v) is 3.99. The van der Waals surface area contributed by atoms with E-state index in [-0.39, 0.29) is 0 Å². The van der Waals surface area contributed by atoms with E-state index in [2.05, 4.69) is 22.2 Å². The van der Waals surface area contributed by atoms with Crippen molar-refractivity contribution < 1.29 is 4.74 Å². The zero-order chi connectivity index (χ0) is 18.2. The van der Waals surface area contributed by atoms with Crippen molar-refractivity contribution in [2.75, 3.05) is 17.7 Å². The summed E-state index contributed by atoms with van der Waals surface area (Å²) in [6.07, 6.45) is 5.03. The van der Waals surface area contributed by atoms with E-state index in [0.29, 0.717) is 5.69 Å². The Morgan fingerprint density at radius 2 is 1.85 bits per heavy atom. The summed E-state index contributed by atoms with van der Waals surface area (Å²) < 4.78 is 5.74. The fourth-order valence-corrected chi connectivity index (χ4v) is 2.61. The molecule has 0 aliphatic heterocycles. The van der Waals surface area contributed by atoms with Gasteiger partial charge >= 0.3 is 0 Å². The van der Waals surface area contributed by atoms with Crippen molar-refractivity contribution in [2.24, 2.45) is 0 Å². The van der Waals surface area contributed by atoms with Crippen molar-refractivity contribution in [3.8, 4) is 17.0 Å². The predicted octanol–water partition coefficient (Wildman–Crippen LogP) is 5.04. The molecule has 0 aliphatic carbocycles. The van der Waals surface area contributed by atoms with E-state index in [1.165, 1.54) is 12.8 Å². The average molecular weight is 348 g/mol. The molecule has 0 atom stereocenters. The molecular weight excluding hydrogens is 324 g/mol. The Balaban J connectivity index is 1.65. The van der Waals surface area contributed by atoms with Gasteiger partial charge in [-0.1, -0.05) is 31.9 Å². The maximum Gasteiger partial charge on any atom is 0.134 e. The van der Waals surface area contributed by atoms with Gasteiger partial charge in [0.25, 0.3) is 0 Å². The first kappa shape index (κ1) is 17.7. The lowest BCUT2D eigenvalue weighted by Gasteiger charge is -2.09. The zero-order valence-corrected chi connectivity index (χ0v) is 15.0. The number of rotatable bonds is 8. The number of benzene rings is 2. The van der Waals surface area contributed by atoms with Crippen LogP contribution in [-0.4, -0.2) is 16.6 Å². The van der Waals surface area contributed by atoms with Crippen LogP contribution in [-0.2, 0) is 0 Å². The molecule has 5 nitrogen and oxygen atoms in total. The average Bonchev–Trinajstić information content (AvgIpc) is 2.67. The summed E-state index contributed by atoms with van der Waals surface area (Å²) in [5.74, 6) is 1.61. The number of nitrogen functional groups attached to an aromatic ring is 1.